The SMILES string of the molecule is Cc1ccc(S(=O)(=O)CCCC(=O)N(CCCN2CCOCC2)c2nc3c(Cl)cccc3s2)cc1. The number of ether oxygens (including phenoxy) is 1. The van der Waals surface area contributed by atoms with Crippen molar-refractivity contribution in [3.8, 4) is 0 Å². The smallest absolute Gasteiger partial charge is 0.228 e. The maximum atomic E-state index is 13.3. The zero-order chi connectivity index (χ0) is 24.8. The topological polar surface area (TPSA) is 79.8 Å². The van der Waals surface area contributed by atoms with E-state index >= 15 is 0 Å². The van der Waals surface area contributed by atoms with Crippen molar-refractivity contribution in [2.75, 3.05) is 50.0 Å². The number of rotatable bonds is 10. The maximum Gasteiger partial charge on any atom is 0.228 e. The average molecular weight is 536 g/mol. The Bertz CT molecular complexity index is 1260. The monoisotopic (exact) mass is 535 g/mol. The van der Waals surface area contributed by atoms with Gasteiger partial charge in [0.25, 0.3) is 0 Å². The van der Waals surface area contributed by atoms with Crippen molar-refractivity contribution < 1.29 is 17.9 Å². The standard InChI is InChI=1S/C25H30ClN3O4S2/c1-19-8-10-20(11-9-19)35(31,32)18-3-7-23(30)29(13-4-12-28-14-16-33-17-15-28)25-27-24-21(26)5-2-6-22(24)34-25/h2,5-6,8-11H,3-4,7,12-18H2,1H3. The van der Waals surface area contributed by atoms with Crippen molar-refractivity contribution in [3.05, 3.63) is 53.1 Å². The molecule has 0 radical (unpaired) electrons. The summed E-state index contributed by atoms with van der Waals surface area (Å²) in [7, 11) is -3.44. The van der Waals surface area contributed by atoms with Crippen LogP contribution in [0.3, 0.4) is 0 Å². The summed E-state index contributed by atoms with van der Waals surface area (Å²) in [6, 6.07) is 12.4. The van der Waals surface area contributed by atoms with E-state index in [1.54, 1.807) is 35.2 Å². The quantitative estimate of drug-likeness (QED) is 0.378. The number of para-hydroxylation sites is 1. The molecule has 7 nitrogen and oxygen atoms in total. The lowest BCUT2D eigenvalue weighted by Crippen LogP contribution is -2.39. The fourth-order valence-electron chi connectivity index (χ4n) is 4.03. The van der Waals surface area contributed by atoms with E-state index in [0.29, 0.717) is 27.1 Å². The van der Waals surface area contributed by atoms with Crippen LogP contribution in [-0.2, 0) is 19.4 Å². The van der Waals surface area contributed by atoms with Crippen LogP contribution in [0, 0.1) is 6.92 Å². The van der Waals surface area contributed by atoms with Crippen LogP contribution in [-0.4, -0.2) is 69.4 Å². The number of sulfone groups is 1. The van der Waals surface area contributed by atoms with E-state index in [4.69, 9.17) is 16.3 Å². The second-order valence-electron chi connectivity index (χ2n) is 8.67. The van der Waals surface area contributed by atoms with Gasteiger partial charge in [-0.25, -0.2) is 13.4 Å². The van der Waals surface area contributed by atoms with Crippen molar-refractivity contribution in [2.24, 2.45) is 0 Å². The number of carbonyl (C=O) groups excluding carboxylic acids is 1. The van der Waals surface area contributed by atoms with Gasteiger partial charge in [-0.05, 0) is 44.0 Å². The summed E-state index contributed by atoms with van der Waals surface area (Å²) in [5.74, 6) is -0.198. The molecule has 0 N–H and O–H groups in total. The Morgan fingerprint density at radius 1 is 1.14 bits per heavy atom. The number of fused-ring (bicyclic) bond motifs is 1. The van der Waals surface area contributed by atoms with Gasteiger partial charge in [-0.15, -0.1) is 0 Å². The highest BCUT2D eigenvalue weighted by atomic mass is 35.5. The first-order valence-electron chi connectivity index (χ1n) is 11.8. The zero-order valence-corrected chi connectivity index (χ0v) is 22.2. The minimum absolute atomic E-state index is 0.0743. The van der Waals surface area contributed by atoms with Gasteiger partial charge in [0.1, 0.15) is 5.52 Å². The Labute approximate surface area is 215 Å². The van der Waals surface area contributed by atoms with Gasteiger partial charge in [0, 0.05) is 32.6 Å². The molecule has 1 aromatic heterocycles. The molecular formula is C25H30ClN3O4S2. The number of hydrogen-bond acceptors (Lipinski definition) is 7. The number of hydrogen-bond donors (Lipinski definition) is 0. The second-order valence-corrected chi connectivity index (χ2v) is 12.2. The summed E-state index contributed by atoms with van der Waals surface area (Å²) in [6.45, 7) is 6.53. The van der Waals surface area contributed by atoms with Crippen LogP contribution in [0.15, 0.2) is 47.4 Å². The second kappa shape index (κ2) is 11.8. The van der Waals surface area contributed by atoms with Crippen molar-refractivity contribution in [2.45, 2.75) is 31.1 Å². The molecule has 0 saturated carbocycles. The summed E-state index contributed by atoms with van der Waals surface area (Å²) in [6.07, 6.45) is 1.17. The molecule has 10 heteroatoms. The minimum atomic E-state index is -3.44. The molecule has 0 spiro atoms. The van der Waals surface area contributed by atoms with Crippen LogP contribution in [0.1, 0.15) is 24.8 Å². The van der Waals surface area contributed by atoms with Gasteiger partial charge in [-0.1, -0.05) is 46.7 Å². The Kier molecular flexibility index (Phi) is 8.77. The molecule has 35 heavy (non-hydrogen) atoms. The summed E-state index contributed by atoms with van der Waals surface area (Å²) in [5.41, 5.74) is 1.69. The number of carbonyl (C=O) groups is 1. The van der Waals surface area contributed by atoms with Crippen LogP contribution in [0.2, 0.25) is 5.02 Å². The molecule has 188 valence electrons. The summed E-state index contributed by atoms with van der Waals surface area (Å²) >= 11 is 7.75. The molecule has 1 saturated heterocycles. The lowest BCUT2D eigenvalue weighted by Gasteiger charge is -2.27. The lowest BCUT2D eigenvalue weighted by atomic mass is 10.2. The highest BCUT2D eigenvalue weighted by Crippen LogP contribution is 2.33. The third-order valence-corrected chi connectivity index (χ3v) is 9.20. The van der Waals surface area contributed by atoms with E-state index in [2.05, 4.69) is 9.88 Å². The van der Waals surface area contributed by atoms with Crippen molar-refractivity contribution in [1.82, 2.24) is 9.88 Å². The van der Waals surface area contributed by atoms with E-state index in [1.165, 1.54) is 11.3 Å². The van der Waals surface area contributed by atoms with Gasteiger partial charge in [-0.3, -0.25) is 14.6 Å². The molecule has 2 heterocycles. The Balaban J connectivity index is 1.43. The number of morpholine rings is 1. The number of nitrogens with zero attached hydrogens (tertiary/aromatic N) is 3. The van der Waals surface area contributed by atoms with Gasteiger partial charge >= 0.3 is 0 Å². The number of aryl methyl sites for hydroxylation is 1. The predicted octanol–water partition coefficient (Wildman–Crippen LogP) is 4.57. The fraction of sp³-hybridized carbons (Fsp3) is 0.440. The molecule has 0 bridgehead atoms. The van der Waals surface area contributed by atoms with Gasteiger partial charge in [0.05, 0.1) is 33.6 Å². The fourth-order valence-corrected chi connectivity index (χ4v) is 6.65. The molecule has 1 aliphatic rings. The summed E-state index contributed by atoms with van der Waals surface area (Å²) in [4.78, 5) is 22.3. The normalized spacial score (nSPS) is 14.9. The highest BCUT2D eigenvalue weighted by Gasteiger charge is 2.22. The largest absolute Gasteiger partial charge is 0.379 e. The van der Waals surface area contributed by atoms with Crippen molar-refractivity contribution in [3.63, 3.8) is 0 Å². The third-order valence-electron chi connectivity index (χ3n) is 6.03. The molecule has 4 rings (SSSR count). The first kappa shape index (κ1) is 26.0. The van der Waals surface area contributed by atoms with Crippen LogP contribution in [0.25, 0.3) is 10.2 Å². The Morgan fingerprint density at radius 2 is 1.89 bits per heavy atom. The van der Waals surface area contributed by atoms with Gasteiger partial charge in [0.2, 0.25) is 5.91 Å². The van der Waals surface area contributed by atoms with E-state index < -0.39 is 9.84 Å². The van der Waals surface area contributed by atoms with E-state index in [-0.39, 0.29) is 24.5 Å². The van der Waals surface area contributed by atoms with Gasteiger partial charge in [-0.2, -0.15) is 0 Å². The van der Waals surface area contributed by atoms with E-state index in [9.17, 15) is 13.2 Å². The number of benzene rings is 2. The molecule has 1 aliphatic heterocycles. The van der Waals surface area contributed by atoms with E-state index in [0.717, 1.165) is 49.5 Å². The molecule has 0 atom stereocenters. The first-order chi connectivity index (χ1) is 16.8. The maximum absolute atomic E-state index is 13.3. The van der Waals surface area contributed by atoms with Crippen molar-refractivity contribution >= 4 is 54.0 Å². The number of aromatic nitrogens is 1. The summed E-state index contributed by atoms with van der Waals surface area (Å²) in [5, 5.41) is 1.15. The molecule has 2 aromatic carbocycles. The van der Waals surface area contributed by atoms with Gasteiger partial charge < -0.3 is 4.74 Å². The number of amides is 1. The number of anilines is 1. The van der Waals surface area contributed by atoms with Crippen LogP contribution < -0.4 is 4.90 Å². The molecule has 1 fully saturated rings. The predicted molar refractivity (Wildman–Crippen MR) is 141 cm³/mol. The van der Waals surface area contributed by atoms with Crippen molar-refractivity contribution in [1.29, 1.82) is 0 Å². The number of thiazole rings is 1. The zero-order valence-electron chi connectivity index (χ0n) is 19.8. The molecular weight excluding hydrogens is 506 g/mol. The first-order valence-corrected chi connectivity index (χ1v) is 14.6. The molecule has 0 aliphatic carbocycles. The lowest BCUT2D eigenvalue weighted by molar-refractivity contribution is -0.118. The van der Waals surface area contributed by atoms with E-state index in [1.807, 2.05) is 19.1 Å². The highest BCUT2D eigenvalue weighted by molar-refractivity contribution is 7.91. The number of halogens is 1. The van der Waals surface area contributed by atoms with Gasteiger partial charge in [0.15, 0.2) is 15.0 Å². The Hall–Kier alpha value is -2.04. The average Bonchev–Trinajstić information content (AvgIpc) is 3.28. The van der Waals surface area contributed by atoms with Crippen LogP contribution in [0.5, 0.6) is 0 Å². The van der Waals surface area contributed by atoms with Crippen LogP contribution in [0.4, 0.5) is 5.13 Å². The molecule has 0 unspecified atom stereocenters. The van der Waals surface area contributed by atoms with Crippen LogP contribution >= 0.6 is 22.9 Å². The Morgan fingerprint density at radius 3 is 2.60 bits per heavy atom. The summed E-state index contributed by atoms with van der Waals surface area (Å²) < 4.78 is 31.7. The minimum Gasteiger partial charge on any atom is -0.379 e. The molecule has 3 aromatic rings. The third kappa shape index (κ3) is 6.80. The molecule has 1 amide bonds.